The molecule has 6 nitrogen and oxygen atoms in total. The van der Waals surface area contributed by atoms with Gasteiger partial charge in [0.05, 0.1) is 0 Å². The van der Waals surface area contributed by atoms with Crippen LogP contribution < -0.4 is 0 Å². The first kappa shape index (κ1) is 77.6. The van der Waals surface area contributed by atoms with E-state index in [1.54, 1.807) is 0 Å². The van der Waals surface area contributed by atoms with E-state index < -0.39 is 6.10 Å². The summed E-state index contributed by atoms with van der Waals surface area (Å²) >= 11 is 0. The monoisotopic (exact) mass is 1120 g/mol. The zero-order valence-corrected chi connectivity index (χ0v) is 54.1. The van der Waals surface area contributed by atoms with Crippen molar-refractivity contribution in [1.29, 1.82) is 0 Å². The topological polar surface area (TPSA) is 78.9 Å². The van der Waals surface area contributed by atoms with Crippen molar-refractivity contribution in [1.82, 2.24) is 0 Å². The highest BCUT2D eigenvalue weighted by Crippen LogP contribution is 2.19. The molecule has 0 aliphatic heterocycles. The molecule has 0 aliphatic rings. The summed E-state index contributed by atoms with van der Waals surface area (Å²) in [7, 11) is 0. The van der Waals surface area contributed by atoms with Crippen LogP contribution in [-0.2, 0) is 28.6 Å². The third-order valence-electron chi connectivity index (χ3n) is 16.4. The van der Waals surface area contributed by atoms with Crippen molar-refractivity contribution in [3.05, 3.63) is 36.5 Å². The lowest BCUT2D eigenvalue weighted by Crippen LogP contribution is -2.30. The number of allylic oxidation sites excluding steroid dienone is 6. The average Bonchev–Trinajstić information content (AvgIpc) is 3.46. The third-order valence-corrected chi connectivity index (χ3v) is 16.4. The zero-order valence-electron chi connectivity index (χ0n) is 54.1. The molecule has 1 atom stereocenters. The Morgan fingerprint density at radius 3 is 0.700 bits per heavy atom. The Hall–Kier alpha value is -2.37. The van der Waals surface area contributed by atoms with Gasteiger partial charge in [0.25, 0.3) is 0 Å². The summed E-state index contributed by atoms with van der Waals surface area (Å²) in [6.45, 7) is 6.66. The van der Waals surface area contributed by atoms with Crippen LogP contribution in [-0.4, -0.2) is 37.2 Å². The molecule has 0 saturated carbocycles. The SMILES string of the molecule is CCCCCCC/C=C\C/C=C\C/C=C\CCCCCCCCCCCCCCCCCCCCC(=O)OCC(COC(=O)CCCCCCCCC)OC(=O)CCCCCCCCCCCCCCCCCCCCCCCC. The van der Waals surface area contributed by atoms with Crippen LogP contribution in [0.1, 0.15) is 400 Å². The van der Waals surface area contributed by atoms with Crippen molar-refractivity contribution in [3.8, 4) is 0 Å². The molecule has 0 aliphatic carbocycles. The molecule has 0 bridgehead atoms. The third kappa shape index (κ3) is 66.4. The molecule has 0 spiro atoms. The van der Waals surface area contributed by atoms with Crippen molar-refractivity contribution in [3.63, 3.8) is 0 Å². The predicted molar refractivity (Wildman–Crippen MR) is 349 cm³/mol. The van der Waals surface area contributed by atoms with Crippen molar-refractivity contribution in [2.24, 2.45) is 0 Å². The van der Waals surface area contributed by atoms with Crippen molar-refractivity contribution < 1.29 is 28.6 Å². The molecule has 0 aromatic rings. The summed E-state index contributed by atoms with van der Waals surface area (Å²) in [6.07, 6.45) is 86.4. The van der Waals surface area contributed by atoms with E-state index in [1.807, 2.05) is 0 Å². The Morgan fingerprint density at radius 2 is 0.450 bits per heavy atom. The van der Waals surface area contributed by atoms with Gasteiger partial charge in [0, 0.05) is 19.3 Å². The van der Waals surface area contributed by atoms with E-state index in [-0.39, 0.29) is 31.1 Å². The molecule has 0 amide bonds. The van der Waals surface area contributed by atoms with Crippen LogP contribution in [0.15, 0.2) is 36.5 Å². The fourth-order valence-corrected chi connectivity index (χ4v) is 11.0. The standard InChI is InChI=1S/C74H138O6/c1-4-7-10-13-16-18-20-22-24-26-28-30-32-33-34-35-36-37-38-39-40-41-42-44-45-47-49-51-53-55-58-61-64-67-73(76)79-70-71(69-78-72(75)66-63-60-57-15-12-9-6-3)80-74(77)68-65-62-59-56-54-52-50-48-46-43-31-29-27-25-23-21-19-17-14-11-8-5-2/h20,22,26,28,32-33,71H,4-19,21,23-25,27,29-31,34-70H2,1-3H3/b22-20-,28-26-,33-32-. The van der Waals surface area contributed by atoms with E-state index in [4.69, 9.17) is 14.2 Å². The van der Waals surface area contributed by atoms with E-state index in [0.29, 0.717) is 19.3 Å². The molecular weight excluding hydrogens is 985 g/mol. The number of rotatable bonds is 67. The summed E-state index contributed by atoms with van der Waals surface area (Å²) in [4.78, 5) is 38.2. The van der Waals surface area contributed by atoms with Crippen LogP contribution in [0.2, 0.25) is 0 Å². The number of esters is 3. The maximum atomic E-state index is 12.9. The first-order valence-electron chi connectivity index (χ1n) is 36.0. The minimum Gasteiger partial charge on any atom is -0.462 e. The quantitative estimate of drug-likeness (QED) is 0.0261. The number of ether oxygens (including phenoxy) is 3. The van der Waals surface area contributed by atoms with E-state index in [2.05, 4.69) is 57.2 Å². The molecule has 0 fully saturated rings. The van der Waals surface area contributed by atoms with Crippen molar-refractivity contribution in [2.45, 2.75) is 406 Å². The summed E-state index contributed by atoms with van der Waals surface area (Å²) in [5.74, 6) is -0.843. The molecule has 0 rings (SSSR count). The van der Waals surface area contributed by atoms with Gasteiger partial charge in [-0.25, -0.2) is 0 Å². The predicted octanol–water partition coefficient (Wildman–Crippen LogP) is 24.7. The van der Waals surface area contributed by atoms with E-state index in [9.17, 15) is 14.4 Å². The smallest absolute Gasteiger partial charge is 0.306 e. The van der Waals surface area contributed by atoms with Crippen LogP contribution in [0.5, 0.6) is 0 Å². The fourth-order valence-electron chi connectivity index (χ4n) is 11.0. The summed E-state index contributed by atoms with van der Waals surface area (Å²) in [5, 5.41) is 0. The minimum absolute atomic E-state index is 0.0653. The molecule has 1 unspecified atom stereocenters. The van der Waals surface area contributed by atoms with Crippen molar-refractivity contribution >= 4 is 17.9 Å². The Balaban J connectivity index is 3.98. The minimum atomic E-state index is -0.766. The average molecular weight is 1120 g/mol. The van der Waals surface area contributed by atoms with Gasteiger partial charge in [0.1, 0.15) is 13.2 Å². The maximum absolute atomic E-state index is 12.9. The molecule has 6 heteroatoms. The Morgan fingerprint density at radius 1 is 0.250 bits per heavy atom. The van der Waals surface area contributed by atoms with Gasteiger partial charge in [0.15, 0.2) is 6.10 Å². The molecule has 0 aromatic heterocycles. The molecule has 0 saturated heterocycles. The molecule has 0 heterocycles. The first-order valence-corrected chi connectivity index (χ1v) is 36.0. The van der Waals surface area contributed by atoms with Gasteiger partial charge in [-0.15, -0.1) is 0 Å². The Kier molecular flexibility index (Phi) is 67.1. The first-order chi connectivity index (χ1) is 39.5. The number of unbranched alkanes of at least 4 members (excludes halogenated alkanes) is 50. The fraction of sp³-hybridized carbons (Fsp3) is 0.878. The van der Waals surface area contributed by atoms with E-state index in [1.165, 1.54) is 289 Å². The summed E-state index contributed by atoms with van der Waals surface area (Å²) in [5.41, 5.74) is 0. The maximum Gasteiger partial charge on any atom is 0.306 e. The van der Waals surface area contributed by atoms with Gasteiger partial charge in [-0.05, 0) is 57.8 Å². The van der Waals surface area contributed by atoms with Crippen LogP contribution >= 0.6 is 0 Å². The van der Waals surface area contributed by atoms with Crippen molar-refractivity contribution in [2.75, 3.05) is 13.2 Å². The Bertz CT molecular complexity index is 1340. The molecule has 80 heavy (non-hydrogen) atoms. The van der Waals surface area contributed by atoms with Crippen LogP contribution in [0.4, 0.5) is 0 Å². The molecular formula is C74H138O6. The highest BCUT2D eigenvalue weighted by molar-refractivity contribution is 5.71. The molecule has 0 radical (unpaired) electrons. The number of hydrogen-bond acceptors (Lipinski definition) is 6. The van der Waals surface area contributed by atoms with Gasteiger partial charge in [-0.3, -0.25) is 14.4 Å². The lowest BCUT2D eigenvalue weighted by Gasteiger charge is -2.18. The molecule has 0 N–H and O–H groups in total. The second kappa shape index (κ2) is 69.1. The second-order valence-electron chi connectivity index (χ2n) is 24.5. The number of carbonyl (C=O) groups excluding carboxylic acids is 3. The highest BCUT2D eigenvalue weighted by Gasteiger charge is 2.19. The van der Waals surface area contributed by atoms with Gasteiger partial charge in [-0.1, -0.05) is 359 Å². The van der Waals surface area contributed by atoms with Gasteiger partial charge >= 0.3 is 17.9 Å². The molecule has 470 valence electrons. The van der Waals surface area contributed by atoms with Crippen LogP contribution in [0, 0.1) is 0 Å². The van der Waals surface area contributed by atoms with E-state index in [0.717, 1.165) is 70.6 Å². The van der Waals surface area contributed by atoms with Gasteiger partial charge in [-0.2, -0.15) is 0 Å². The number of carbonyl (C=O) groups is 3. The van der Waals surface area contributed by atoms with Crippen LogP contribution in [0.3, 0.4) is 0 Å². The summed E-state index contributed by atoms with van der Waals surface area (Å²) < 4.78 is 16.9. The highest BCUT2D eigenvalue weighted by atomic mass is 16.6. The Labute approximate surface area is 499 Å². The number of hydrogen-bond donors (Lipinski definition) is 0. The van der Waals surface area contributed by atoms with E-state index >= 15 is 0 Å². The lowest BCUT2D eigenvalue weighted by molar-refractivity contribution is -0.167. The van der Waals surface area contributed by atoms with Gasteiger partial charge in [0.2, 0.25) is 0 Å². The largest absolute Gasteiger partial charge is 0.462 e. The summed E-state index contributed by atoms with van der Waals surface area (Å²) in [6, 6.07) is 0. The second-order valence-corrected chi connectivity index (χ2v) is 24.5. The zero-order chi connectivity index (χ0) is 57.8. The van der Waals surface area contributed by atoms with Gasteiger partial charge < -0.3 is 14.2 Å². The normalized spacial score (nSPS) is 12.2. The lowest BCUT2D eigenvalue weighted by atomic mass is 10.0. The van der Waals surface area contributed by atoms with Crippen LogP contribution in [0.25, 0.3) is 0 Å². The molecule has 0 aromatic carbocycles.